The third-order valence-electron chi connectivity index (χ3n) is 6.34. The number of nitrogens with zero attached hydrogens (tertiary/aromatic N) is 4. The zero-order valence-corrected chi connectivity index (χ0v) is 18.5. The lowest BCUT2D eigenvalue weighted by atomic mass is 10.00. The molecule has 1 aliphatic carbocycles. The predicted octanol–water partition coefficient (Wildman–Crippen LogP) is 4.13. The van der Waals surface area contributed by atoms with E-state index in [4.69, 9.17) is 4.98 Å². The molecule has 1 aromatic carbocycles. The number of carbonyl (C=O) groups excluding carboxylic acids is 1. The second-order valence-electron chi connectivity index (χ2n) is 9.00. The fourth-order valence-electron chi connectivity index (χ4n) is 4.36. The van der Waals surface area contributed by atoms with Gasteiger partial charge >= 0.3 is 0 Å². The molecule has 31 heavy (non-hydrogen) atoms. The van der Waals surface area contributed by atoms with Gasteiger partial charge in [-0.15, -0.1) is 0 Å². The summed E-state index contributed by atoms with van der Waals surface area (Å²) in [6.45, 7) is 8.15. The number of rotatable bonds is 4. The highest BCUT2D eigenvalue weighted by molar-refractivity contribution is 6.13. The largest absolute Gasteiger partial charge is 0.354 e. The number of aromatic nitrogens is 2. The summed E-state index contributed by atoms with van der Waals surface area (Å²) in [6, 6.07) is 10.1. The molecule has 5 rings (SSSR count). The van der Waals surface area contributed by atoms with Crippen LogP contribution in [0.3, 0.4) is 0 Å². The van der Waals surface area contributed by atoms with Crippen LogP contribution in [0.15, 0.2) is 36.5 Å². The number of pyridine rings is 2. The summed E-state index contributed by atoms with van der Waals surface area (Å²) < 4.78 is 0. The second-order valence-corrected chi connectivity index (χ2v) is 9.00. The number of benzene rings is 1. The maximum Gasteiger partial charge on any atom is 0.256 e. The van der Waals surface area contributed by atoms with Crippen LogP contribution in [-0.4, -0.2) is 54.0 Å². The van der Waals surface area contributed by atoms with E-state index in [1.807, 2.05) is 18.2 Å². The van der Waals surface area contributed by atoms with E-state index in [0.29, 0.717) is 17.2 Å². The molecule has 0 bridgehead atoms. The molecule has 3 aromatic rings. The molecular formula is C25H29N5O. The monoisotopic (exact) mass is 415 g/mol. The van der Waals surface area contributed by atoms with Crippen LogP contribution in [0.25, 0.3) is 10.9 Å². The first-order valence-electron chi connectivity index (χ1n) is 11.1. The standard InChI is InChI=1S/C25H29N5O/c1-16-12-17(2)24-20(13-16)21(14-22(28-24)18-4-5-18)25(31)27-19-6-7-23(26-15-19)30-10-8-29(3)9-11-30/h6-7,12-15,18H,4-5,8-11H2,1-3H3,(H,27,31). The van der Waals surface area contributed by atoms with Gasteiger partial charge in [0, 0.05) is 43.2 Å². The smallest absolute Gasteiger partial charge is 0.256 e. The number of aryl methyl sites for hydroxylation is 2. The molecule has 1 N–H and O–H groups in total. The number of piperazine rings is 1. The zero-order valence-electron chi connectivity index (χ0n) is 18.5. The third kappa shape index (κ3) is 4.12. The molecule has 0 unspecified atom stereocenters. The number of carbonyl (C=O) groups is 1. The molecule has 0 spiro atoms. The summed E-state index contributed by atoms with van der Waals surface area (Å²) in [4.78, 5) is 27.4. The maximum absolute atomic E-state index is 13.3. The molecule has 2 fully saturated rings. The summed E-state index contributed by atoms with van der Waals surface area (Å²) in [5.41, 5.74) is 5.63. The van der Waals surface area contributed by atoms with E-state index in [-0.39, 0.29) is 5.91 Å². The number of likely N-dealkylation sites (N-methyl/N-ethyl adjacent to an activating group) is 1. The van der Waals surface area contributed by atoms with E-state index in [0.717, 1.165) is 72.6 Å². The Morgan fingerprint density at radius 2 is 1.84 bits per heavy atom. The Hall–Kier alpha value is -2.99. The van der Waals surface area contributed by atoms with Crippen LogP contribution in [-0.2, 0) is 0 Å². The van der Waals surface area contributed by atoms with Crippen molar-refractivity contribution in [2.45, 2.75) is 32.6 Å². The fourth-order valence-corrected chi connectivity index (χ4v) is 4.36. The van der Waals surface area contributed by atoms with E-state index >= 15 is 0 Å². The Balaban J connectivity index is 1.41. The maximum atomic E-state index is 13.3. The Labute approximate surface area is 183 Å². The molecule has 1 amide bonds. The van der Waals surface area contributed by atoms with Gasteiger partial charge in [-0.05, 0) is 63.6 Å². The van der Waals surface area contributed by atoms with Crippen molar-refractivity contribution in [2.75, 3.05) is 43.4 Å². The molecule has 3 heterocycles. The van der Waals surface area contributed by atoms with E-state index in [2.05, 4.69) is 53.1 Å². The van der Waals surface area contributed by atoms with Gasteiger partial charge in [0.05, 0.1) is 23.0 Å². The number of hydrogen-bond donors (Lipinski definition) is 1. The van der Waals surface area contributed by atoms with Gasteiger partial charge in [-0.2, -0.15) is 0 Å². The van der Waals surface area contributed by atoms with Gasteiger partial charge in [0.1, 0.15) is 5.82 Å². The van der Waals surface area contributed by atoms with Crippen molar-refractivity contribution in [3.63, 3.8) is 0 Å². The highest BCUT2D eigenvalue weighted by atomic mass is 16.1. The third-order valence-corrected chi connectivity index (χ3v) is 6.34. The summed E-state index contributed by atoms with van der Waals surface area (Å²) in [5, 5.41) is 3.98. The lowest BCUT2D eigenvalue weighted by Crippen LogP contribution is -2.44. The Kier molecular flexibility index (Phi) is 5.10. The van der Waals surface area contributed by atoms with Crippen molar-refractivity contribution in [1.29, 1.82) is 0 Å². The number of amides is 1. The molecule has 2 aromatic heterocycles. The van der Waals surface area contributed by atoms with Crippen LogP contribution in [0.5, 0.6) is 0 Å². The van der Waals surface area contributed by atoms with Gasteiger partial charge in [-0.1, -0.05) is 11.6 Å². The van der Waals surface area contributed by atoms with Gasteiger partial charge in [-0.3, -0.25) is 9.78 Å². The molecule has 160 valence electrons. The first kappa shape index (κ1) is 19.9. The van der Waals surface area contributed by atoms with Crippen molar-refractivity contribution in [3.8, 4) is 0 Å². The van der Waals surface area contributed by atoms with E-state index in [1.54, 1.807) is 6.20 Å². The van der Waals surface area contributed by atoms with Crippen molar-refractivity contribution in [1.82, 2.24) is 14.9 Å². The molecule has 0 atom stereocenters. The highest BCUT2D eigenvalue weighted by Gasteiger charge is 2.27. The summed E-state index contributed by atoms with van der Waals surface area (Å²) in [6.07, 6.45) is 4.07. The average molecular weight is 416 g/mol. The molecular weight excluding hydrogens is 386 g/mol. The fraction of sp³-hybridized carbons (Fsp3) is 0.400. The van der Waals surface area contributed by atoms with Gasteiger partial charge in [0.15, 0.2) is 0 Å². The van der Waals surface area contributed by atoms with Crippen LogP contribution < -0.4 is 10.2 Å². The second kappa shape index (κ2) is 7.93. The minimum atomic E-state index is -0.103. The van der Waals surface area contributed by atoms with Gasteiger partial charge in [0.25, 0.3) is 5.91 Å². The molecule has 1 saturated heterocycles. The van der Waals surface area contributed by atoms with Crippen molar-refractivity contribution >= 4 is 28.3 Å². The van der Waals surface area contributed by atoms with E-state index < -0.39 is 0 Å². The molecule has 6 nitrogen and oxygen atoms in total. The molecule has 0 radical (unpaired) electrons. The average Bonchev–Trinajstić information content (AvgIpc) is 3.60. The van der Waals surface area contributed by atoms with Gasteiger partial charge in [-0.25, -0.2) is 4.98 Å². The number of fused-ring (bicyclic) bond motifs is 1. The summed E-state index contributed by atoms with van der Waals surface area (Å²) in [7, 11) is 2.14. The Bertz CT molecular complexity index is 1130. The van der Waals surface area contributed by atoms with Crippen LogP contribution in [0.2, 0.25) is 0 Å². The van der Waals surface area contributed by atoms with Crippen molar-refractivity contribution in [3.05, 3.63) is 58.9 Å². The molecule has 1 saturated carbocycles. The van der Waals surface area contributed by atoms with Crippen LogP contribution in [0.1, 0.15) is 45.9 Å². The minimum absolute atomic E-state index is 0.103. The summed E-state index contributed by atoms with van der Waals surface area (Å²) >= 11 is 0. The zero-order chi connectivity index (χ0) is 21.5. The van der Waals surface area contributed by atoms with E-state index in [9.17, 15) is 4.79 Å². The highest BCUT2D eigenvalue weighted by Crippen LogP contribution is 2.40. The first-order valence-corrected chi connectivity index (χ1v) is 11.1. The normalized spacial score (nSPS) is 17.2. The lowest BCUT2D eigenvalue weighted by molar-refractivity contribution is 0.102. The first-order chi connectivity index (χ1) is 15.0. The van der Waals surface area contributed by atoms with Crippen molar-refractivity contribution in [2.24, 2.45) is 0 Å². The Morgan fingerprint density at radius 3 is 2.52 bits per heavy atom. The lowest BCUT2D eigenvalue weighted by Gasteiger charge is -2.33. The number of anilines is 2. The van der Waals surface area contributed by atoms with Crippen LogP contribution in [0, 0.1) is 13.8 Å². The van der Waals surface area contributed by atoms with Crippen molar-refractivity contribution < 1.29 is 4.79 Å². The van der Waals surface area contributed by atoms with E-state index in [1.165, 1.54) is 0 Å². The van der Waals surface area contributed by atoms with Gasteiger partial charge < -0.3 is 15.1 Å². The number of nitrogens with one attached hydrogen (secondary N) is 1. The topological polar surface area (TPSA) is 61.4 Å². The van der Waals surface area contributed by atoms with Crippen LogP contribution in [0.4, 0.5) is 11.5 Å². The quantitative estimate of drug-likeness (QED) is 0.694. The summed E-state index contributed by atoms with van der Waals surface area (Å²) in [5.74, 6) is 1.34. The van der Waals surface area contributed by atoms with Gasteiger partial charge in [0.2, 0.25) is 0 Å². The minimum Gasteiger partial charge on any atom is -0.354 e. The van der Waals surface area contributed by atoms with Crippen LogP contribution >= 0.6 is 0 Å². The predicted molar refractivity (Wildman–Crippen MR) is 125 cm³/mol. The Morgan fingerprint density at radius 1 is 1.06 bits per heavy atom. The molecule has 2 aliphatic rings. The molecule has 6 heteroatoms. The molecule has 1 aliphatic heterocycles. The SMILES string of the molecule is Cc1cc(C)c2nc(C3CC3)cc(C(=O)Nc3ccc(N4CCN(C)CC4)nc3)c2c1. The number of hydrogen-bond acceptors (Lipinski definition) is 5.